The van der Waals surface area contributed by atoms with Crippen molar-refractivity contribution in [2.75, 3.05) is 6.61 Å². The Morgan fingerprint density at radius 1 is 1.50 bits per heavy atom. The largest absolute Gasteiger partial charge is 0.394 e. The maximum atomic E-state index is 10.8. The Balaban J connectivity index is 2.06. The van der Waals surface area contributed by atoms with Crippen molar-refractivity contribution in [3.8, 4) is 0 Å². The van der Waals surface area contributed by atoms with Gasteiger partial charge in [0.1, 0.15) is 0 Å². The van der Waals surface area contributed by atoms with E-state index in [-0.39, 0.29) is 17.8 Å². The molecule has 1 aliphatic carbocycles. The molecule has 0 spiro atoms. The van der Waals surface area contributed by atoms with Crippen LogP contribution in [0.2, 0.25) is 0 Å². The first-order chi connectivity index (χ1) is 8.56. The Morgan fingerprint density at radius 3 is 2.72 bits per heavy atom. The minimum absolute atomic E-state index is 0.0703. The number of nitrogens with one attached hydrogen (secondary N) is 1. The van der Waals surface area contributed by atoms with Gasteiger partial charge in [0, 0.05) is 18.2 Å². The minimum Gasteiger partial charge on any atom is -0.394 e. The van der Waals surface area contributed by atoms with Gasteiger partial charge >= 0.3 is 0 Å². The molecule has 1 aromatic carbocycles. The number of hydrogen-bond acceptors (Lipinski definition) is 4. The summed E-state index contributed by atoms with van der Waals surface area (Å²) < 4.78 is 0.483. The highest BCUT2D eigenvalue weighted by Gasteiger charge is 2.35. The molecule has 0 atom stereocenters. The lowest BCUT2D eigenvalue weighted by atomic mass is 9.77. The van der Waals surface area contributed by atoms with Crippen LogP contribution in [-0.2, 0) is 6.54 Å². The third kappa shape index (κ3) is 2.71. The Morgan fingerprint density at radius 2 is 2.22 bits per heavy atom. The third-order valence-electron chi connectivity index (χ3n) is 3.49. The number of rotatable bonds is 5. The van der Waals surface area contributed by atoms with Crippen LogP contribution in [0.4, 0.5) is 5.69 Å². The topological polar surface area (TPSA) is 75.4 Å². The quantitative estimate of drug-likeness (QED) is 0.646. The van der Waals surface area contributed by atoms with Gasteiger partial charge < -0.3 is 10.4 Å². The molecule has 2 rings (SSSR count). The molecule has 0 aliphatic heterocycles. The third-order valence-corrected chi connectivity index (χ3v) is 4.16. The molecule has 18 heavy (non-hydrogen) atoms. The molecule has 2 N–H and O–H groups in total. The molecule has 0 saturated heterocycles. The highest BCUT2D eigenvalue weighted by Crippen LogP contribution is 2.32. The summed E-state index contributed by atoms with van der Waals surface area (Å²) in [5.74, 6) is 0. The zero-order valence-corrected chi connectivity index (χ0v) is 11.4. The maximum absolute atomic E-state index is 10.8. The molecular weight excluding hydrogens is 300 g/mol. The fraction of sp³-hybridized carbons (Fsp3) is 0.500. The lowest BCUT2D eigenvalue weighted by molar-refractivity contribution is -0.385. The second kappa shape index (κ2) is 5.34. The summed E-state index contributed by atoms with van der Waals surface area (Å²) in [5, 5.41) is 23.4. The van der Waals surface area contributed by atoms with Crippen molar-refractivity contribution >= 4 is 21.6 Å². The summed E-state index contributed by atoms with van der Waals surface area (Å²) in [7, 11) is 0. The smallest absolute Gasteiger partial charge is 0.283 e. The van der Waals surface area contributed by atoms with Gasteiger partial charge in [-0.1, -0.05) is 6.07 Å². The number of nitrogens with zero attached hydrogens (tertiary/aromatic N) is 1. The Kier molecular flexibility index (Phi) is 3.99. The van der Waals surface area contributed by atoms with Gasteiger partial charge in [-0.05, 0) is 46.8 Å². The van der Waals surface area contributed by atoms with Crippen LogP contribution < -0.4 is 5.32 Å². The predicted molar refractivity (Wildman–Crippen MR) is 71.3 cm³/mol. The predicted octanol–water partition coefficient (Wildman–Crippen LogP) is 2.36. The molecule has 0 bridgehead atoms. The summed E-state index contributed by atoms with van der Waals surface area (Å²) in [6.45, 7) is 0.653. The van der Waals surface area contributed by atoms with Crippen LogP contribution >= 0.6 is 15.9 Å². The number of benzene rings is 1. The van der Waals surface area contributed by atoms with Crippen LogP contribution in [0.25, 0.3) is 0 Å². The van der Waals surface area contributed by atoms with E-state index in [4.69, 9.17) is 0 Å². The Bertz CT molecular complexity index is 455. The molecule has 5 nitrogen and oxygen atoms in total. The van der Waals surface area contributed by atoms with Gasteiger partial charge in [-0.2, -0.15) is 0 Å². The number of halogens is 1. The Hall–Kier alpha value is -0.980. The summed E-state index contributed by atoms with van der Waals surface area (Å²) in [6.07, 6.45) is 3.04. The number of nitro groups is 1. The molecular formula is C12H15BrN2O3. The first kappa shape index (κ1) is 13.5. The van der Waals surface area contributed by atoms with Gasteiger partial charge in [0.15, 0.2) is 0 Å². The van der Waals surface area contributed by atoms with Crippen LogP contribution in [0.15, 0.2) is 22.7 Å². The zero-order valence-electron chi connectivity index (χ0n) is 9.86. The van der Waals surface area contributed by atoms with Crippen LogP contribution in [0.3, 0.4) is 0 Å². The molecule has 6 heteroatoms. The molecule has 0 aromatic heterocycles. The minimum atomic E-state index is -0.404. The van der Waals surface area contributed by atoms with Crippen molar-refractivity contribution in [1.82, 2.24) is 5.32 Å². The number of aliphatic hydroxyl groups is 1. The summed E-state index contributed by atoms with van der Waals surface area (Å²) in [4.78, 5) is 10.4. The molecule has 98 valence electrons. The molecule has 0 radical (unpaired) electrons. The van der Waals surface area contributed by atoms with E-state index in [1.54, 1.807) is 12.1 Å². The fourth-order valence-corrected chi connectivity index (χ4v) is 2.48. The monoisotopic (exact) mass is 314 g/mol. The lowest BCUT2D eigenvalue weighted by Gasteiger charge is -2.41. The van der Waals surface area contributed by atoms with E-state index in [9.17, 15) is 15.2 Å². The van der Waals surface area contributed by atoms with Crippen molar-refractivity contribution in [3.63, 3.8) is 0 Å². The fourth-order valence-electron chi connectivity index (χ4n) is 2.09. The van der Waals surface area contributed by atoms with Crippen LogP contribution in [0, 0.1) is 10.1 Å². The number of aliphatic hydroxyl groups excluding tert-OH is 1. The van der Waals surface area contributed by atoms with Crippen LogP contribution in [-0.4, -0.2) is 22.2 Å². The van der Waals surface area contributed by atoms with Crippen molar-refractivity contribution in [2.24, 2.45) is 0 Å². The van der Waals surface area contributed by atoms with Crippen LogP contribution in [0.1, 0.15) is 24.8 Å². The van der Waals surface area contributed by atoms with Crippen molar-refractivity contribution in [1.29, 1.82) is 0 Å². The molecule has 1 aliphatic rings. The first-order valence-corrected chi connectivity index (χ1v) is 6.64. The highest BCUT2D eigenvalue weighted by atomic mass is 79.9. The molecule has 0 heterocycles. The Labute approximate surface area is 113 Å². The van der Waals surface area contributed by atoms with E-state index in [1.807, 2.05) is 6.07 Å². The highest BCUT2D eigenvalue weighted by molar-refractivity contribution is 9.10. The van der Waals surface area contributed by atoms with E-state index >= 15 is 0 Å². The molecule has 1 aromatic rings. The normalized spacial score (nSPS) is 17.2. The van der Waals surface area contributed by atoms with Crippen LogP contribution in [0.5, 0.6) is 0 Å². The first-order valence-electron chi connectivity index (χ1n) is 5.85. The van der Waals surface area contributed by atoms with E-state index in [1.165, 1.54) is 0 Å². The van der Waals surface area contributed by atoms with Crippen molar-refractivity contribution < 1.29 is 10.0 Å². The maximum Gasteiger partial charge on any atom is 0.283 e. The molecule has 1 saturated carbocycles. The van der Waals surface area contributed by atoms with Gasteiger partial charge in [0.2, 0.25) is 0 Å². The van der Waals surface area contributed by atoms with Crippen molar-refractivity contribution in [3.05, 3.63) is 38.3 Å². The lowest BCUT2D eigenvalue weighted by Crippen LogP contribution is -2.53. The molecule has 1 fully saturated rings. The average Bonchev–Trinajstić information content (AvgIpc) is 2.30. The average molecular weight is 315 g/mol. The van der Waals surface area contributed by atoms with Gasteiger partial charge in [-0.15, -0.1) is 0 Å². The number of nitro benzene ring substituents is 1. The standard InChI is InChI=1S/C12H15BrN2O3/c13-10-3-2-9(6-11(10)15(17)18)7-14-12(8-16)4-1-5-12/h2-3,6,14,16H,1,4-5,7-8H2. The van der Waals surface area contributed by atoms with Gasteiger partial charge in [-0.25, -0.2) is 0 Å². The van der Waals surface area contributed by atoms with Gasteiger partial charge in [0.05, 0.1) is 16.0 Å². The summed E-state index contributed by atoms with van der Waals surface area (Å²) >= 11 is 3.16. The SMILES string of the molecule is O=[N+]([O-])c1cc(CNC2(CO)CCC2)ccc1Br. The number of hydrogen-bond donors (Lipinski definition) is 2. The molecule has 0 unspecified atom stereocenters. The van der Waals surface area contributed by atoms with E-state index in [0.29, 0.717) is 11.0 Å². The molecule has 0 amide bonds. The second-order valence-corrected chi connectivity index (χ2v) is 5.54. The summed E-state index contributed by atoms with van der Waals surface area (Å²) in [6, 6.07) is 5.08. The van der Waals surface area contributed by atoms with E-state index < -0.39 is 4.92 Å². The second-order valence-electron chi connectivity index (χ2n) is 4.69. The van der Waals surface area contributed by atoms with E-state index in [2.05, 4.69) is 21.2 Å². The van der Waals surface area contributed by atoms with E-state index in [0.717, 1.165) is 24.8 Å². The summed E-state index contributed by atoms with van der Waals surface area (Å²) in [5.41, 5.74) is 0.743. The van der Waals surface area contributed by atoms with Crippen molar-refractivity contribution in [2.45, 2.75) is 31.3 Å². The zero-order chi connectivity index (χ0) is 13.2. The van der Waals surface area contributed by atoms with Gasteiger partial charge in [-0.3, -0.25) is 10.1 Å². The van der Waals surface area contributed by atoms with Gasteiger partial charge in [0.25, 0.3) is 5.69 Å².